The number of carboxylic acid groups (broad SMARTS) is 1. The average Bonchev–Trinajstić information content (AvgIpc) is 2.34. The van der Waals surface area contributed by atoms with E-state index in [0.717, 1.165) is 37.5 Å². The molecule has 0 heterocycles. The smallest absolute Gasteiger partial charge is 0.423 e. The number of halogens is 1. The van der Waals surface area contributed by atoms with Gasteiger partial charge in [0.1, 0.15) is 5.88 Å². The van der Waals surface area contributed by atoms with Crippen LogP contribution < -0.4 is 5.43 Å². The Morgan fingerprint density at radius 3 is 2.05 bits per heavy atom. The number of amides is 2. The van der Waals surface area contributed by atoms with Crippen molar-refractivity contribution >= 4 is 23.6 Å². The van der Waals surface area contributed by atoms with Crippen LogP contribution >= 0.6 is 11.6 Å². The Bertz CT molecular complexity index is 373. The normalized spacial score (nSPS) is 39.1. The molecule has 0 spiro atoms. The van der Waals surface area contributed by atoms with Crippen molar-refractivity contribution in [2.45, 2.75) is 38.1 Å². The van der Waals surface area contributed by atoms with E-state index >= 15 is 0 Å². The van der Waals surface area contributed by atoms with Gasteiger partial charge < -0.3 is 5.11 Å². The molecule has 4 aliphatic carbocycles. The minimum Gasteiger partial charge on any atom is -0.464 e. The Labute approximate surface area is 117 Å². The number of carbonyl (C=O) groups is 2. The Hall–Kier alpha value is -0.970. The SMILES string of the molecule is O=C(O)NN(C(=O)CCl)C1C2CC3CC(C2)CC1C3. The maximum atomic E-state index is 11.9. The van der Waals surface area contributed by atoms with Gasteiger partial charge in [0.2, 0.25) is 0 Å². The van der Waals surface area contributed by atoms with Gasteiger partial charge in [0.25, 0.3) is 5.91 Å². The molecule has 5 nitrogen and oxygen atoms in total. The van der Waals surface area contributed by atoms with Gasteiger partial charge in [0, 0.05) is 0 Å². The molecule has 0 aliphatic heterocycles. The maximum Gasteiger partial charge on any atom is 0.423 e. The third-order valence-corrected chi connectivity index (χ3v) is 5.30. The fourth-order valence-corrected chi connectivity index (χ4v) is 4.92. The van der Waals surface area contributed by atoms with Crippen molar-refractivity contribution in [1.29, 1.82) is 0 Å². The molecule has 0 radical (unpaired) electrons. The molecule has 6 heteroatoms. The molecule has 4 saturated carbocycles. The maximum absolute atomic E-state index is 11.9. The van der Waals surface area contributed by atoms with Crippen LogP contribution in [-0.2, 0) is 4.79 Å². The van der Waals surface area contributed by atoms with Crippen LogP contribution in [0.3, 0.4) is 0 Å². The topological polar surface area (TPSA) is 69.6 Å². The molecule has 106 valence electrons. The summed E-state index contributed by atoms with van der Waals surface area (Å²) in [5, 5.41) is 10.2. The Morgan fingerprint density at radius 1 is 1.11 bits per heavy atom. The summed E-state index contributed by atoms with van der Waals surface area (Å²) in [6.07, 6.45) is 4.66. The van der Waals surface area contributed by atoms with Crippen LogP contribution in [0.1, 0.15) is 32.1 Å². The minimum absolute atomic E-state index is 0.00940. The molecule has 0 atom stereocenters. The second-order valence-electron chi connectivity index (χ2n) is 6.24. The Kier molecular flexibility index (Phi) is 3.33. The van der Waals surface area contributed by atoms with Crippen LogP contribution in [-0.4, -0.2) is 34.0 Å². The predicted molar refractivity (Wildman–Crippen MR) is 69.6 cm³/mol. The molecule has 0 saturated heterocycles. The summed E-state index contributed by atoms with van der Waals surface area (Å²) in [5.74, 6) is 1.95. The quantitative estimate of drug-likeness (QED) is 0.603. The van der Waals surface area contributed by atoms with Gasteiger partial charge in [-0.1, -0.05) is 0 Å². The first kappa shape index (κ1) is 13.0. The number of carbonyl (C=O) groups excluding carboxylic acids is 1. The fraction of sp³-hybridized carbons (Fsp3) is 0.846. The Balaban J connectivity index is 1.81. The molecule has 2 N–H and O–H groups in total. The second-order valence-corrected chi connectivity index (χ2v) is 6.50. The monoisotopic (exact) mass is 286 g/mol. The minimum atomic E-state index is -1.19. The number of hydrazine groups is 1. The van der Waals surface area contributed by atoms with Crippen LogP contribution in [0.2, 0.25) is 0 Å². The zero-order chi connectivity index (χ0) is 13.6. The lowest BCUT2D eigenvalue weighted by molar-refractivity contribution is -0.146. The number of rotatable bonds is 2. The van der Waals surface area contributed by atoms with Crippen LogP contribution in [0, 0.1) is 23.7 Å². The van der Waals surface area contributed by atoms with E-state index in [4.69, 9.17) is 16.7 Å². The number of hydrogen-bond donors (Lipinski definition) is 2. The van der Waals surface area contributed by atoms with Gasteiger partial charge in [-0.25, -0.2) is 15.2 Å². The summed E-state index contributed by atoms with van der Waals surface area (Å²) in [6, 6.07) is 0.00940. The second kappa shape index (κ2) is 4.85. The van der Waals surface area contributed by atoms with Crippen molar-refractivity contribution < 1.29 is 14.7 Å². The molecule has 0 aromatic carbocycles. The third kappa shape index (κ3) is 2.29. The molecule has 2 amide bonds. The number of alkyl halides is 1. The van der Waals surface area contributed by atoms with Crippen LogP contribution in [0.4, 0.5) is 4.79 Å². The number of nitrogens with zero attached hydrogens (tertiary/aromatic N) is 1. The number of hydrogen-bond acceptors (Lipinski definition) is 2. The lowest BCUT2D eigenvalue weighted by Gasteiger charge is -2.56. The first-order chi connectivity index (χ1) is 9.08. The van der Waals surface area contributed by atoms with E-state index in [1.807, 2.05) is 0 Å². The van der Waals surface area contributed by atoms with Crippen molar-refractivity contribution in [2.75, 3.05) is 5.88 Å². The van der Waals surface area contributed by atoms with Crippen molar-refractivity contribution in [3.05, 3.63) is 0 Å². The highest BCUT2D eigenvalue weighted by atomic mass is 35.5. The summed E-state index contributed by atoms with van der Waals surface area (Å²) in [5.41, 5.74) is 2.27. The van der Waals surface area contributed by atoms with Gasteiger partial charge in [0.05, 0.1) is 6.04 Å². The zero-order valence-corrected chi connectivity index (χ0v) is 11.5. The van der Waals surface area contributed by atoms with Gasteiger partial charge in [-0.15, -0.1) is 11.6 Å². The molecule has 0 aromatic rings. The zero-order valence-electron chi connectivity index (χ0n) is 10.7. The van der Waals surface area contributed by atoms with E-state index in [1.165, 1.54) is 11.4 Å². The van der Waals surface area contributed by atoms with Gasteiger partial charge in [-0.3, -0.25) is 4.79 Å². The molecular weight excluding hydrogens is 268 g/mol. The Morgan fingerprint density at radius 2 is 1.63 bits per heavy atom. The highest BCUT2D eigenvalue weighted by molar-refractivity contribution is 6.27. The van der Waals surface area contributed by atoms with E-state index in [1.54, 1.807) is 0 Å². The van der Waals surface area contributed by atoms with Gasteiger partial charge >= 0.3 is 6.09 Å². The first-order valence-corrected chi connectivity index (χ1v) is 7.49. The lowest BCUT2D eigenvalue weighted by Crippen LogP contribution is -2.62. The molecular formula is C13H19ClN2O3. The molecule has 0 aromatic heterocycles. The fourth-order valence-electron chi connectivity index (χ4n) is 4.79. The van der Waals surface area contributed by atoms with Gasteiger partial charge in [-0.2, -0.15) is 0 Å². The summed E-state index contributed by atoms with van der Waals surface area (Å²) in [4.78, 5) is 22.9. The summed E-state index contributed by atoms with van der Waals surface area (Å²) in [6.45, 7) is 0. The third-order valence-electron chi connectivity index (χ3n) is 5.07. The standard InChI is InChI=1S/C13H19ClN2O3/c14-6-11(17)16(15-13(18)19)12-9-2-7-1-8(4-9)5-10(12)3-7/h7-10,12,15H,1-6H2,(H,18,19). The van der Waals surface area contributed by atoms with E-state index in [9.17, 15) is 9.59 Å². The van der Waals surface area contributed by atoms with E-state index < -0.39 is 6.09 Å². The molecule has 19 heavy (non-hydrogen) atoms. The van der Waals surface area contributed by atoms with Crippen molar-refractivity contribution in [1.82, 2.24) is 10.4 Å². The largest absolute Gasteiger partial charge is 0.464 e. The van der Waals surface area contributed by atoms with Crippen molar-refractivity contribution in [3.8, 4) is 0 Å². The lowest BCUT2D eigenvalue weighted by atomic mass is 9.54. The average molecular weight is 287 g/mol. The number of nitrogens with one attached hydrogen (secondary N) is 1. The van der Waals surface area contributed by atoms with Gasteiger partial charge in [0.15, 0.2) is 0 Å². The first-order valence-electron chi connectivity index (χ1n) is 6.96. The van der Waals surface area contributed by atoms with Gasteiger partial charge in [-0.05, 0) is 55.8 Å². The summed E-state index contributed by atoms with van der Waals surface area (Å²) in [7, 11) is 0. The van der Waals surface area contributed by atoms with Crippen molar-refractivity contribution in [3.63, 3.8) is 0 Å². The van der Waals surface area contributed by atoms with E-state index in [2.05, 4.69) is 5.43 Å². The summed E-state index contributed by atoms with van der Waals surface area (Å²) >= 11 is 5.62. The van der Waals surface area contributed by atoms with Crippen molar-refractivity contribution in [2.24, 2.45) is 23.7 Å². The predicted octanol–water partition coefficient (Wildman–Crippen LogP) is 2.06. The molecule has 4 rings (SSSR count). The molecule has 4 bridgehead atoms. The van der Waals surface area contributed by atoms with Crippen LogP contribution in [0.25, 0.3) is 0 Å². The van der Waals surface area contributed by atoms with Crippen LogP contribution in [0.15, 0.2) is 0 Å². The molecule has 0 unspecified atom stereocenters. The molecule has 4 aliphatic rings. The van der Waals surface area contributed by atoms with E-state index in [-0.39, 0.29) is 17.8 Å². The molecule has 4 fully saturated rings. The highest BCUT2D eigenvalue weighted by Gasteiger charge is 2.51. The summed E-state index contributed by atoms with van der Waals surface area (Å²) < 4.78 is 0. The highest BCUT2D eigenvalue weighted by Crippen LogP contribution is 2.54. The van der Waals surface area contributed by atoms with E-state index in [0.29, 0.717) is 11.8 Å². The van der Waals surface area contributed by atoms with Crippen LogP contribution in [0.5, 0.6) is 0 Å².